The van der Waals surface area contributed by atoms with Crippen molar-refractivity contribution in [1.82, 2.24) is 4.90 Å². The van der Waals surface area contributed by atoms with Crippen molar-refractivity contribution in [3.8, 4) is 0 Å². The second-order valence-corrected chi connectivity index (χ2v) is 5.00. The third kappa shape index (κ3) is 2.40. The van der Waals surface area contributed by atoms with Gasteiger partial charge in [-0.1, -0.05) is 13.0 Å². The van der Waals surface area contributed by atoms with Crippen molar-refractivity contribution in [2.24, 2.45) is 0 Å². The molecule has 1 aliphatic rings. The van der Waals surface area contributed by atoms with Gasteiger partial charge in [0.15, 0.2) is 0 Å². The Bertz CT molecular complexity index is 312. The van der Waals surface area contributed by atoms with Crippen molar-refractivity contribution >= 4 is 17.2 Å². The summed E-state index contributed by atoms with van der Waals surface area (Å²) in [6, 6.07) is 4.33. The van der Waals surface area contributed by atoms with E-state index < -0.39 is 0 Å². The van der Waals surface area contributed by atoms with Gasteiger partial charge in [-0.05, 0) is 30.2 Å². The molecule has 0 aliphatic carbocycles. The quantitative estimate of drug-likeness (QED) is 0.755. The van der Waals surface area contributed by atoms with E-state index in [2.05, 4.69) is 17.5 Å². The number of likely N-dealkylation sites (tertiary alicyclic amines) is 1. The minimum absolute atomic E-state index is 0.305. The largest absolute Gasteiger partial charge is 0.343 e. The Kier molecular flexibility index (Phi) is 3.41. The number of carbonyl (C=O) groups is 1. The zero-order chi connectivity index (χ0) is 10.7. The van der Waals surface area contributed by atoms with E-state index in [9.17, 15) is 4.79 Å². The summed E-state index contributed by atoms with van der Waals surface area (Å²) in [5.74, 6) is 0.991. The molecule has 0 bridgehead atoms. The van der Waals surface area contributed by atoms with Gasteiger partial charge in [-0.15, -0.1) is 11.3 Å². The lowest BCUT2D eigenvalue weighted by Crippen LogP contribution is -2.37. The second-order valence-electron chi connectivity index (χ2n) is 4.02. The molecule has 0 radical (unpaired) electrons. The van der Waals surface area contributed by atoms with Crippen LogP contribution in [0.1, 0.15) is 37.0 Å². The van der Waals surface area contributed by atoms with Gasteiger partial charge >= 0.3 is 0 Å². The summed E-state index contributed by atoms with van der Waals surface area (Å²) >= 11 is 1.84. The Morgan fingerprint density at radius 2 is 2.27 bits per heavy atom. The van der Waals surface area contributed by atoms with E-state index in [1.807, 2.05) is 23.2 Å². The van der Waals surface area contributed by atoms with Crippen LogP contribution >= 0.6 is 11.3 Å². The van der Waals surface area contributed by atoms with Crippen molar-refractivity contribution < 1.29 is 4.79 Å². The van der Waals surface area contributed by atoms with Gasteiger partial charge < -0.3 is 4.90 Å². The summed E-state index contributed by atoms with van der Waals surface area (Å²) in [6.07, 6.45) is 2.90. The van der Waals surface area contributed by atoms with Crippen molar-refractivity contribution in [2.45, 2.75) is 32.1 Å². The van der Waals surface area contributed by atoms with Crippen LogP contribution in [0.3, 0.4) is 0 Å². The predicted octanol–water partition coefficient (Wildman–Crippen LogP) is 2.86. The maximum atomic E-state index is 11.5. The van der Waals surface area contributed by atoms with Crippen molar-refractivity contribution in [3.05, 3.63) is 22.4 Å². The molecule has 0 unspecified atom stereocenters. The van der Waals surface area contributed by atoms with Crippen LogP contribution in [0, 0.1) is 0 Å². The van der Waals surface area contributed by atoms with Gasteiger partial charge in [-0.25, -0.2) is 0 Å². The SMILES string of the molecule is CCC(=O)N1CCC(c2cccs2)CC1. The number of amides is 1. The van der Waals surface area contributed by atoms with Gasteiger partial charge in [-0.3, -0.25) is 4.79 Å². The Hall–Kier alpha value is -0.830. The van der Waals surface area contributed by atoms with Crippen LogP contribution < -0.4 is 0 Å². The summed E-state index contributed by atoms with van der Waals surface area (Å²) in [6.45, 7) is 3.82. The highest BCUT2D eigenvalue weighted by Crippen LogP contribution is 2.30. The standard InChI is InChI=1S/C12H17NOS/c1-2-12(14)13-7-5-10(6-8-13)11-4-3-9-15-11/h3-4,9-10H,2,5-8H2,1H3. The first-order valence-corrected chi connectivity index (χ1v) is 6.50. The molecule has 1 amide bonds. The number of carbonyl (C=O) groups excluding carboxylic acids is 1. The topological polar surface area (TPSA) is 20.3 Å². The third-order valence-electron chi connectivity index (χ3n) is 3.10. The number of thiophene rings is 1. The molecular formula is C12H17NOS. The van der Waals surface area contributed by atoms with Gasteiger partial charge in [0.05, 0.1) is 0 Å². The van der Waals surface area contributed by atoms with E-state index in [-0.39, 0.29) is 0 Å². The van der Waals surface area contributed by atoms with E-state index >= 15 is 0 Å². The highest BCUT2D eigenvalue weighted by atomic mass is 32.1. The number of nitrogens with zero attached hydrogens (tertiary/aromatic N) is 1. The molecule has 0 atom stereocenters. The molecule has 0 aromatic carbocycles. The minimum atomic E-state index is 0.305. The summed E-state index contributed by atoms with van der Waals surface area (Å²) in [5, 5.41) is 2.14. The molecular weight excluding hydrogens is 206 g/mol. The van der Waals surface area contributed by atoms with E-state index in [1.165, 1.54) is 4.88 Å². The van der Waals surface area contributed by atoms with Crippen LogP contribution in [0.5, 0.6) is 0 Å². The molecule has 15 heavy (non-hydrogen) atoms. The molecule has 0 spiro atoms. The summed E-state index contributed by atoms with van der Waals surface area (Å²) in [5.41, 5.74) is 0. The molecule has 0 N–H and O–H groups in total. The lowest BCUT2D eigenvalue weighted by Gasteiger charge is -2.31. The van der Waals surface area contributed by atoms with Gasteiger partial charge in [0, 0.05) is 24.4 Å². The molecule has 2 rings (SSSR count). The molecule has 1 aromatic rings. The Balaban J connectivity index is 1.90. The number of rotatable bonds is 2. The first-order chi connectivity index (χ1) is 7.31. The molecule has 1 aromatic heterocycles. The molecule has 2 nitrogen and oxygen atoms in total. The van der Waals surface area contributed by atoms with Crippen LogP contribution in [0.2, 0.25) is 0 Å². The smallest absolute Gasteiger partial charge is 0.222 e. The number of piperidine rings is 1. The minimum Gasteiger partial charge on any atom is -0.343 e. The Morgan fingerprint density at radius 3 is 2.80 bits per heavy atom. The monoisotopic (exact) mass is 223 g/mol. The fourth-order valence-corrected chi connectivity index (χ4v) is 3.06. The lowest BCUT2D eigenvalue weighted by molar-refractivity contribution is -0.131. The zero-order valence-corrected chi connectivity index (χ0v) is 9.93. The highest BCUT2D eigenvalue weighted by molar-refractivity contribution is 7.10. The third-order valence-corrected chi connectivity index (χ3v) is 4.13. The van der Waals surface area contributed by atoms with Crippen LogP contribution in [0.25, 0.3) is 0 Å². The van der Waals surface area contributed by atoms with Gasteiger partial charge in [-0.2, -0.15) is 0 Å². The van der Waals surface area contributed by atoms with E-state index in [0.717, 1.165) is 25.9 Å². The van der Waals surface area contributed by atoms with Crippen molar-refractivity contribution in [1.29, 1.82) is 0 Å². The predicted molar refractivity (Wildman–Crippen MR) is 63.2 cm³/mol. The van der Waals surface area contributed by atoms with E-state index in [0.29, 0.717) is 18.2 Å². The first kappa shape index (κ1) is 10.7. The van der Waals surface area contributed by atoms with Crippen LogP contribution in [0.4, 0.5) is 0 Å². The Labute approximate surface area is 94.9 Å². The van der Waals surface area contributed by atoms with Crippen molar-refractivity contribution in [2.75, 3.05) is 13.1 Å². The first-order valence-electron chi connectivity index (χ1n) is 5.62. The van der Waals surface area contributed by atoms with Gasteiger partial charge in [0.2, 0.25) is 5.91 Å². The molecule has 1 saturated heterocycles. The molecule has 3 heteroatoms. The summed E-state index contributed by atoms with van der Waals surface area (Å²) < 4.78 is 0. The number of hydrogen-bond donors (Lipinski definition) is 0. The lowest BCUT2D eigenvalue weighted by atomic mass is 9.95. The molecule has 0 saturated carbocycles. The average Bonchev–Trinajstić information content (AvgIpc) is 2.82. The van der Waals surface area contributed by atoms with Gasteiger partial charge in [0.25, 0.3) is 0 Å². The van der Waals surface area contributed by atoms with Crippen molar-refractivity contribution in [3.63, 3.8) is 0 Å². The zero-order valence-electron chi connectivity index (χ0n) is 9.11. The molecule has 1 aliphatic heterocycles. The fourth-order valence-electron chi connectivity index (χ4n) is 2.16. The molecule has 1 fully saturated rings. The maximum absolute atomic E-state index is 11.5. The molecule has 2 heterocycles. The Morgan fingerprint density at radius 1 is 1.53 bits per heavy atom. The van der Waals surface area contributed by atoms with Crippen LogP contribution in [-0.4, -0.2) is 23.9 Å². The summed E-state index contributed by atoms with van der Waals surface area (Å²) in [4.78, 5) is 15.0. The normalized spacial score (nSPS) is 18.1. The second kappa shape index (κ2) is 4.79. The van der Waals surface area contributed by atoms with Crippen LogP contribution in [-0.2, 0) is 4.79 Å². The van der Waals surface area contributed by atoms with Gasteiger partial charge in [0.1, 0.15) is 0 Å². The summed E-state index contributed by atoms with van der Waals surface area (Å²) in [7, 11) is 0. The van der Waals surface area contributed by atoms with E-state index in [4.69, 9.17) is 0 Å². The van der Waals surface area contributed by atoms with E-state index in [1.54, 1.807) is 0 Å². The number of hydrogen-bond acceptors (Lipinski definition) is 2. The average molecular weight is 223 g/mol. The highest BCUT2D eigenvalue weighted by Gasteiger charge is 2.23. The van der Waals surface area contributed by atoms with Crippen LogP contribution in [0.15, 0.2) is 17.5 Å². The molecule has 82 valence electrons. The fraction of sp³-hybridized carbons (Fsp3) is 0.583. The maximum Gasteiger partial charge on any atom is 0.222 e.